The van der Waals surface area contributed by atoms with E-state index in [4.69, 9.17) is 9.47 Å². The number of carboxylic acids is 1. The number of fused-ring (bicyclic) bond motifs is 5. The number of ether oxygens (including phenoxy) is 2. The second-order valence-electron chi connectivity index (χ2n) is 14.9. The third kappa shape index (κ3) is 5.07. The van der Waals surface area contributed by atoms with Gasteiger partial charge in [0, 0.05) is 30.6 Å². The van der Waals surface area contributed by atoms with Gasteiger partial charge in [0.05, 0.1) is 12.0 Å². The first-order valence-electron chi connectivity index (χ1n) is 15.7. The summed E-state index contributed by atoms with van der Waals surface area (Å²) >= 11 is 0. The lowest BCUT2D eigenvalue weighted by Gasteiger charge is -2.61. The summed E-state index contributed by atoms with van der Waals surface area (Å²) in [5.41, 5.74) is 1.90. The minimum atomic E-state index is -0.842. The molecular weight excluding hydrogens is 532 g/mol. The second kappa shape index (κ2) is 11.3. The topological polar surface area (TPSA) is 110 Å². The van der Waals surface area contributed by atoms with Crippen molar-refractivity contribution in [2.75, 3.05) is 6.61 Å². The number of rotatable bonds is 9. The van der Waals surface area contributed by atoms with E-state index < -0.39 is 34.2 Å². The normalized spacial score (nSPS) is 39.7. The van der Waals surface area contributed by atoms with E-state index >= 15 is 0 Å². The third-order valence-electron chi connectivity index (χ3n) is 12.3. The Morgan fingerprint density at radius 1 is 1.07 bits per heavy atom. The zero-order valence-corrected chi connectivity index (χ0v) is 26.9. The van der Waals surface area contributed by atoms with Crippen molar-refractivity contribution in [3.8, 4) is 0 Å². The van der Waals surface area contributed by atoms with Gasteiger partial charge in [0.25, 0.3) is 0 Å². The van der Waals surface area contributed by atoms with Crippen molar-refractivity contribution in [1.82, 2.24) is 0 Å². The summed E-state index contributed by atoms with van der Waals surface area (Å²) in [7, 11) is 0. The summed E-state index contributed by atoms with van der Waals surface area (Å²) in [5, 5.41) is 22.0. The van der Waals surface area contributed by atoms with Gasteiger partial charge in [0.15, 0.2) is 0 Å². The summed E-state index contributed by atoms with van der Waals surface area (Å²) in [6.07, 6.45) is 8.05. The summed E-state index contributed by atoms with van der Waals surface area (Å²) < 4.78 is 11.4. The Hall–Kier alpha value is -2.41. The molecule has 0 saturated heterocycles. The predicted molar refractivity (Wildman–Crippen MR) is 161 cm³/mol. The quantitative estimate of drug-likeness (QED) is 0.231. The molecule has 4 aliphatic rings. The van der Waals surface area contributed by atoms with Gasteiger partial charge in [-0.05, 0) is 78.8 Å². The number of aliphatic hydroxyl groups is 1. The summed E-state index contributed by atoms with van der Waals surface area (Å²) in [4.78, 5) is 36.7. The molecule has 0 unspecified atom stereocenters. The molecule has 42 heavy (non-hydrogen) atoms. The molecule has 0 radical (unpaired) electrons. The van der Waals surface area contributed by atoms with E-state index in [1.165, 1.54) is 25.0 Å². The molecule has 0 bridgehead atoms. The molecule has 2 saturated carbocycles. The lowest BCUT2D eigenvalue weighted by Crippen LogP contribution is -2.58. The maximum absolute atomic E-state index is 12.7. The zero-order valence-electron chi connectivity index (χ0n) is 26.9. The molecule has 0 spiro atoms. The van der Waals surface area contributed by atoms with Crippen molar-refractivity contribution < 1.29 is 34.1 Å². The van der Waals surface area contributed by atoms with Crippen LogP contribution in [0.2, 0.25) is 0 Å². The number of hydrogen-bond acceptors (Lipinski definition) is 6. The van der Waals surface area contributed by atoms with Crippen LogP contribution >= 0.6 is 0 Å². The summed E-state index contributed by atoms with van der Waals surface area (Å²) in [6.45, 7) is 20.1. The molecular formula is C35H52O7. The lowest BCUT2D eigenvalue weighted by molar-refractivity contribution is -0.180. The molecule has 0 aromatic carbocycles. The van der Waals surface area contributed by atoms with Gasteiger partial charge in [-0.1, -0.05) is 65.8 Å². The highest BCUT2D eigenvalue weighted by Crippen LogP contribution is 2.72. The molecule has 0 aromatic rings. The number of carbonyl (C=O) groups is 3. The van der Waals surface area contributed by atoms with Gasteiger partial charge in [-0.25, -0.2) is 0 Å². The molecule has 4 aliphatic carbocycles. The van der Waals surface area contributed by atoms with Crippen molar-refractivity contribution in [3.63, 3.8) is 0 Å². The van der Waals surface area contributed by atoms with Crippen LogP contribution in [0.25, 0.3) is 0 Å². The van der Waals surface area contributed by atoms with Gasteiger partial charge in [-0.3, -0.25) is 14.4 Å². The van der Waals surface area contributed by atoms with Crippen LogP contribution in [0, 0.1) is 45.3 Å². The Morgan fingerprint density at radius 2 is 1.74 bits per heavy atom. The maximum atomic E-state index is 12.7. The van der Waals surface area contributed by atoms with E-state index in [0.29, 0.717) is 32.1 Å². The van der Waals surface area contributed by atoms with Gasteiger partial charge in [-0.15, -0.1) is 0 Å². The van der Waals surface area contributed by atoms with E-state index in [1.807, 2.05) is 0 Å². The molecule has 234 valence electrons. The minimum Gasteiger partial charge on any atom is -0.481 e. The lowest BCUT2D eigenvalue weighted by atomic mass is 9.44. The van der Waals surface area contributed by atoms with Crippen LogP contribution in [0.1, 0.15) is 100 Å². The number of carbonyl (C=O) groups excluding carboxylic acids is 2. The highest BCUT2D eigenvalue weighted by molar-refractivity contribution is 5.71. The van der Waals surface area contributed by atoms with Crippen molar-refractivity contribution in [1.29, 1.82) is 0 Å². The highest BCUT2D eigenvalue weighted by Gasteiger charge is 2.67. The number of allylic oxidation sites excluding steroid dienone is 5. The first-order valence-corrected chi connectivity index (χ1v) is 15.7. The molecule has 0 aromatic heterocycles. The smallest absolute Gasteiger partial charge is 0.306 e. The van der Waals surface area contributed by atoms with E-state index in [0.717, 1.165) is 18.4 Å². The number of esters is 2. The van der Waals surface area contributed by atoms with Crippen LogP contribution in [0.15, 0.2) is 35.5 Å². The molecule has 0 heterocycles. The van der Waals surface area contributed by atoms with E-state index in [-0.39, 0.29) is 47.8 Å². The van der Waals surface area contributed by atoms with Gasteiger partial charge < -0.3 is 19.7 Å². The monoisotopic (exact) mass is 584 g/mol. The van der Waals surface area contributed by atoms with Crippen LogP contribution in [-0.4, -0.2) is 46.9 Å². The number of hydrogen-bond donors (Lipinski definition) is 2. The van der Waals surface area contributed by atoms with E-state index in [2.05, 4.69) is 60.3 Å². The summed E-state index contributed by atoms with van der Waals surface area (Å²) in [5.74, 6) is -2.20. The third-order valence-corrected chi connectivity index (χ3v) is 12.3. The fourth-order valence-electron chi connectivity index (χ4n) is 9.56. The average Bonchev–Trinajstić information content (AvgIpc) is 3.09. The van der Waals surface area contributed by atoms with Gasteiger partial charge >= 0.3 is 17.9 Å². The van der Waals surface area contributed by atoms with Crippen LogP contribution in [0.5, 0.6) is 0 Å². The SMILES string of the molecule is C=C(CC[C@@H](C(=O)O)[C@H]1[C@H](O)C[C@@]2(C)C3=CC[C@H]4[C@](C)(COC(C)=O)[C@@H](OC(C)=O)CC[C@]4(C)C3=CC[C@]12C)C(C)C. The van der Waals surface area contributed by atoms with E-state index in [1.54, 1.807) is 0 Å². The average molecular weight is 585 g/mol. The Kier molecular flexibility index (Phi) is 8.71. The Morgan fingerprint density at radius 3 is 2.31 bits per heavy atom. The highest BCUT2D eigenvalue weighted by atomic mass is 16.6. The Bertz CT molecular complexity index is 1200. The molecule has 0 amide bonds. The Labute approximate surface area is 251 Å². The fraction of sp³-hybridized carbons (Fsp3) is 0.743. The van der Waals surface area contributed by atoms with Crippen molar-refractivity contribution in [2.24, 2.45) is 45.3 Å². The second-order valence-corrected chi connectivity index (χ2v) is 14.9. The number of aliphatic carboxylic acids is 1. The summed E-state index contributed by atoms with van der Waals surface area (Å²) in [6, 6.07) is 0. The van der Waals surface area contributed by atoms with Crippen LogP contribution in [-0.2, 0) is 23.9 Å². The van der Waals surface area contributed by atoms with Gasteiger partial charge in [0.1, 0.15) is 12.7 Å². The molecule has 7 heteroatoms. The first kappa shape index (κ1) is 32.5. The van der Waals surface area contributed by atoms with E-state index in [9.17, 15) is 24.6 Å². The van der Waals surface area contributed by atoms with Crippen molar-refractivity contribution >= 4 is 17.9 Å². The largest absolute Gasteiger partial charge is 0.481 e. The van der Waals surface area contributed by atoms with Crippen LogP contribution in [0.4, 0.5) is 0 Å². The first-order chi connectivity index (χ1) is 19.4. The zero-order chi connectivity index (χ0) is 31.4. The maximum Gasteiger partial charge on any atom is 0.306 e. The number of aliphatic hydroxyl groups excluding tert-OH is 1. The van der Waals surface area contributed by atoms with Crippen LogP contribution < -0.4 is 0 Å². The standard InChI is InChI=1S/C35H52O7/c1-20(2)21(3)10-11-24(31(39)40)30-27(38)18-35(9)26-12-13-28-32(6,25(26)14-17-34(30,35)8)16-15-29(42-23(5)37)33(28,7)19-41-22(4)36/h12,14,20,24,27-30,38H,3,10-11,13,15-19H2,1-2,4-9H3,(H,39,40)/t24-,27-,28-,29+,30+,32-,33+,34-,35+/m1/s1. The molecule has 4 rings (SSSR count). The molecule has 7 nitrogen and oxygen atoms in total. The van der Waals surface area contributed by atoms with Crippen molar-refractivity contribution in [3.05, 3.63) is 35.5 Å². The molecule has 9 atom stereocenters. The van der Waals surface area contributed by atoms with Gasteiger partial charge in [-0.2, -0.15) is 0 Å². The molecule has 0 aliphatic heterocycles. The fourth-order valence-corrected chi connectivity index (χ4v) is 9.56. The minimum absolute atomic E-state index is 0.0707. The predicted octanol–water partition coefficient (Wildman–Crippen LogP) is 6.65. The molecule has 2 N–H and O–H groups in total. The molecule has 2 fully saturated rings. The van der Waals surface area contributed by atoms with Crippen molar-refractivity contribution in [2.45, 2.75) is 113 Å². The number of carboxylic acid groups (broad SMARTS) is 1. The Balaban J connectivity index is 1.73. The van der Waals surface area contributed by atoms with Crippen LogP contribution in [0.3, 0.4) is 0 Å². The van der Waals surface area contributed by atoms with Gasteiger partial charge in [0.2, 0.25) is 0 Å².